The Morgan fingerprint density at radius 3 is 2.81 bits per heavy atom. The molecule has 1 unspecified atom stereocenters. The highest BCUT2D eigenvalue weighted by atomic mass is 15.1. The van der Waals surface area contributed by atoms with E-state index in [4.69, 9.17) is 0 Å². The van der Waals surface area contributed by atoms with Crippen molar-refractivity contribution in [3.8, 4) is 0 Å². The first-order chi connectivity index (χ1) is 7.83. The maximum absolute atomic E-state index is 3.91. The van der Waals surface area contributed by atoms with E-state index in [0.717, 1.165) is 13.1 Å². The second-order valence-electron chi connectivity index (χ2n) is 4.66. The van der Waals surface area contributed by atoms with Crippen LogP contribution in [0.4, 0.5) is 0 Å². The van der Waals surface area contributed by atoms with Crippen molar-refractivity contribution in [1.29, 1.82) is 0 Å². The first kappa shape index (κ1) is 11.4. The number of rotatable bonds is 4. The van der Waals surface area contributed by atoms with E-state index < -0.39 is 0 Å². The number of nitrogens with zero attached hydrogens (tertiary/aromatic N) is 1. The summed E-state index contributed by atoms with van der Waals surface area (Å²) in [6, 6.07) is 8.81. The van der Waals surface area contributed by atoms with Crippen molar-refractivity contribution in [3.05, 3.63) is 48.0 Å². The summed E-state index contributed by atoms with van der Waals surface area (Å²) in [7, 11) is 0. The van der Waals surface area contributed by atoms with Crippen molar-refractivity contribution in [2.24, 2.45) is 5.92 Å². The molecule has 1 atom stereocenters. The maximum Gasteiger partial charge on any atom is 0.0236 e. The van der Waals surface area contributed by atoms with Gasteiger partial charge >= 0.3 is 0 Å². The van der Waals surface area contributed by atoms with Gasteiger partial charge in [0.25, 0.3) is 0 Å². The molecule has 1 aromatic carbocycles. The van der Waals surface area contributed by atoms with Crippen molar-refractivity contribution >= 4 is 0 Å². The van der Waals surface area contributed by atoms with Gasteiger partial charge in [0.05, 0.1) is 0 Å². The molecule has 0 N–H and O–H groups in total. The average Bonchev–Trinajstić information content (AvgIpc) is 2.35. The van der Waals surface area contributed by atoms with E-state index in [1.807, 2.05) is 0 Å². The van der Waals surface area contributed by atoms with Crippen LogP contribution in [0.2, 0.25) is 0 Å². The summed E-state index contributed by atoms with van der Waals surface area (Å²) in [6.07, 6.45) is 4.49. The fourth-order valence-corrected chi connectivity index (χ4v) is 2.41. The van der Waals surface area contributed by atoms with E-state index >= 15 is 0 Å². The highest BCUT2D eigenvalue weighted by Gasteiger charge is 2.17. The van der Waals surface area contributed by atoms with Gasteiger partial charge in [-0.05, 0) is 29.9 Å². The van der Waals surface area contributed by atoms with Gasteiger partial charge in [0, 0.05) is 19.6 Å². The second kappa shape index (κ2) is 5.31. The maximum atomic E-state index is 3.91. The Hall–Kier alpha value is -1.08. The molecule has 0 aromatic heterocycles. The Labute approximate surface area is 98.8 Å². The van der Waals surface area contributed by atoms with Crippen LogP contribution in [0.3, 0.4) is 0 Å². The quantitative estimate of drug-likeness (QED) is 0.697. The Kier molecular flexibility index (Phi) is 3.79. The van der Waals surface area contributed by atoms with Crippen LogP contribution in [0.15, 0.2) is 36.9 Å². The Morgan fingerprint density at radius 2 is 2.12 bits per heavy atom. The van der Waals surface area contributed by atoms with Gasteiger partial charge in [0.15, 0.2) is 0 Å². The van der Waals surface area contributed by atoms with Gasteiger partial charge in [-0.15, -0.1) is 6.58 Å². The monoisotopic (exact) mass is 215 g/mol. The molecule has 0 fully saturated rings. The molecular formula is C15H21N. The van der Waals surface area contributed by atoms with Gasteiger partial charge < -0.3 is 0 Å². The number of hydrogen-bond donors (Lipinski definition) is 0. The average molecular weight is 215 g/mol. The lowest BCUT2D eigenvalue weighted by Gasteiger charge is -2.30. The molecule has 0 saturated heterocycles. The summed E-state index contributed by atoms with van der Waals surface area (Å²) in [4.78, 5) is 2.55. The van der Waals surface area contributed by atoms with Crippen molar-refractivity contribution in [1.82, 2.24) is 4.90 Å². The molecule has 2 rings (SSSR count). The van der Waals surface area contributed by atoms with Crippen molar-refractivity contribution < 1.29 is 0 Å². The van der Waals surface area contributed by atoms with E-state index in [0.29, 0.717) is 5.92 Å². The first-order valence-electron chi connectivity index (χ1n) is 6.25. The molecule has 1 aromatic rings. The molecule has 1 aliphatic heterocycles. The zero-order valence-corrected chi connectivity index (χ0v) is 10.2. The number of fused-ring (bicyclic) bond motifs is 1. The molecule has 86 valence electrons. The largest absolute Gasteiger partial charge is 0.298 e. The van der Waals surface area contributed by atoms with Crippen LogP contribution in [-0.4, -0.2) is 18.0 Å². The van der Waals surface area contributed by atoms with Gasteiger partial charge in [-0.1, -0.05) is 37.3 Å². The van der Waals surface area contributed by atoms with Crippen LogP contribution in [0.1, 0.15) is 24.5 Å². The molecule has 0 saturated carbocycles. The lowest BCUT2D eigenvalue weighted by molar-refractivity contribution is 0.228. The molecule has 1 heterocycles. The van der Waals surface area contributed by atoms with Gasteiger partial charge in [-0.3, -0.25) is 4.90 Å². The number of benzene rings is 1. The molecule has 16 heavy (non-hydrogen) atoms. The molecular weight excluding hydrogens is 194 g/mol. The molecule has 0 radical (unpaired) electrons. The van der Waals surface area contributed by atoms with Crippen molar-refractivity contribution in [3.63, 3.8) is 0 Å². The minimum atomic E-state index is 0.644. The van der Waals surface area contributed by atoms with E-state index in [-0.39, 0.29) is 0 Å². The third-order valence-electron chi connectivity index (χ3n) is 3.56. The third kappa shape index (κ3) is 2.53. The summed E-state index contributed by atoms with van der Waals surface area (Å²) < 4.78 is 0. The smallest absolute Gasteiger partial charge is 0.0236 e. The van der Waals surface area contributed by atoms with E-state index in [1.165, 1.54) is 30.5 Å². The van der Waals surface area contributed by atoms with Crippen molar-refractivity contribution in [2.45, 2.75) is 26.3 Å². The summed E-state index contributed by atoms with van der Waals surface area (Å²) in [5.74, 6) is 0.644. The van der Waals surface area contributed by atoms with Crippen LogP contribution < -0.4 is 0 Å². The fraction of sp³-hybridized carbons (Fsp3) is 0.467. The summed E-state index contributed by atoms with van der Waals surface area (Å²) in [5, 5.41) is 0. The molecule has 0 spiro atoms. The molecule has 1 aliphatic rings. The van der Waals surface area contributed by atoms with Gasteiger partial charge in [0.1, 0.15) is 0 Å². The predicted octanol–water partition coefficient (Wildman–Crippen LogP) is 3.26. The normalized spacial score (nSPS) is 17.8. The summed E-state index contributed by atoms with van der Waals surface area (Å²) in [6.45, 7) is 9.62. The Balaban J connectivity index is 2.00. The van der Waals surface area contributed by atoms with E-state index in [2.05, 4.69) is 48.7 Å². The number of hydrogen-bond acceptors (Lipinski definition) is 1. The standard InChI is InChI=1S/C15H21N/c1-3-13(4-2)11-16-10-9-14-7-5-6-8-15(14)12-16/h3,5-8,13H,1,4,9-12H2,2H3. The fourth-order valence-electron chi connectivity index (χ4n) is 2.41. The van der Waals surface area contributed by atoms with Gasteiger partial charge in [0.2, 0.25) is 0 Å². The Morgan fingerprint density at radius 1 is 1.38 bits per heavy atom. The highest BCUT2D eigenvalue weighted by molar-refractivity contribution is 5.29. The second-order valence-corrected chi connectivity index (χ2v) is 4.66. The van der Waals surface area contributed by atoms with Crippen LogP contribution >= 0.6 is 0 Å². The Bertz CT molecular complexity index is 356. The van der Waals surface area contributed by atoms with Crippen LogP contribution in [0.25, 0.3) is 0 Å². The van der Waals surface area contributed by atoms with Gasteiger partial charge in [-0.25, -0.2) is 0 Å². The van der Waals surface area contributed by atoms with Crippen molar-refractivity contribution in [2.75, 3.05) is 13.1 Å². The first-order valence-corrected chi connectivity index (χ1v) is 6.25. The SMILES string of the molecule is C=CC(CC)CN1CCc2ccccc2C1. The lowest BCUT2D eigenvalue weighted by atomic mass is 9.98. The topological polar surface area (TPSA) is 3.24 Å². The zero-order valence-electron chi connectivity index (χ0n) is 10.2. The predicted molar refractivity (Wildman–Crippen MR) is 69.4 cm³/mol. The minimum Gasteiger partial charge on any atom is -0.298 e. The van der Waals surface area contributed by atoms with Gasteiger partial charge in [-0.2, -0.15) is 0 Å². The highest BCUT2D eigenvalue weighted by Crippen LogP contribution is 2.20. The van der Waals surface area contributed by atoms with E-state index in [1.54, 1.807) is 0 Å². The van der Waals surface area contributed by atoms with E-state index in [9.17, 15) is 0 Å². The zero-order chi connectivity index (χ0) is 11.4. The lowest BCUT2D eigenvalue weighted by Crippen LogP contribution is -2.34. The van der Waals surface area contributed by atoms with Crippen LogP contribution in [0.5, 0.6) is 0 Å². The summed E-state index contributed by atoms with van der Waals surface area (Å²) >= 11 is 0. The minimum absolute atomic E-state index is 0.644. The third-order valence-corrected chi connectivity index (χ3v) is 3.56. The molecule has 1 nitrogen and oxygen atoms in total. The summed E-state index contributed by atoms with van der Waals surface area (Å²) in [5.41, 5.74) is 3.04. The van der Waals surface area contributed by atoms with Crippen LogP contribution in [0, 0.1) is 5.92 Å². The molecule has 0 aliphatic carbocycles. The van der Waals surface area contributed by atoms with Crippen LogP contribution in [-0.2, 0) is 13.0 Å². The molecule has 0 bridgehead atoms. The molecule has 0 amide bonds. The molecule has 1 heteroatoms.